The smallest absolute Gasteiger partial charge is 0.247 e. The Balaban J connectivity index is 1.45. The largest absolute Gasteiger partial charge is 0.357 e. The molecule has 6 rings (SSSR count). The van der Waals surface area contributed by atoms with Crippen LogP contribution in [0.1, 0.15) is 17.2 Å². The van der Waals surface area contributed by atoms with E-state index in [1.165, 1.54) is 6.07 Å². The van der Waals surface area contributed by atoms with Crippen LogP contribution in [0.3, 0.4) is 0 Å². The maximum absolute atomic E-state index is 13.9. The average molecular weight is 539 g/mol. The number of anilines is 2. The van der Waals surface area contributed by atoms with Crippen molar-refractivity contribution < 1.29 is 14.4 Å². The third-order valence-corrected chi connectivity index (χ3v) is 7.78. The number of carbonyl (C=O) groups excluding carboxylic acids is 3. The minimum atomic E-state index is -0.909. The van der Waals surface area contributed by atoms with Crippen molar-refractivity contribution in [2.75, 3.05) is 10.2 Å². The molecule has 36 heavy (non-hydrogen) atoms. The highest BCUT2D eigenvalue weighted by molar-refractivity contribution is 6.38. The Kier molecular flexibility index (Phi) is 5.56. The normalized spacial score (nSPS) is 24.0. The third-order valence-electron chi connectivity index (χ3n) is 6.99. The second-order valence-corrected chi connectivity index (χ2v) is 10.2. The molecule has 9 heteroatoms. The van der Waals surface area contributed by atoms with Crippen LogP contribution in [0.2, 0.25) is 15.1 Å². The Morgan fingerprint density at radius 3 is 2.28 bits per heavy atom. The van der Waals surface area contributed by atoms with Gasteiger partial charge >= 0.3 is 0 Å². The molecule has 0 spiro atoms. The van der Waals surface area contributed by atoms with Gasteiger partial charge in [0.2, 0.25) is 17.7 Å². The summed E-state index contributed by atoms with van der Waals surface area (Å²) in [6.45, 7) is 0. The quantitative estimate of drug-likeness (QED) is 0.428. The van der Waals surface area contributed by atoms with Crippen LogP contribution in [0, 0.1) is 11.8 Å². The van der Waals surface area contributed by atoms with Crippen LogP contribution in [-0.4, -0.2) is 28.7 Å². The predicted molar refractivity (Wildman–Crippen MR) is 140 cm³/mol. The van der Waals surface area contributed by atoms with Crippen LogP contribution in [0.15, 0.2) is 72.9 Å². The van der Waals surface area contributed by atoms with E-state index in [-0.39, 0.29) is 16.6 Å². The number of imide groups is 1. The Bertz CT molecular complexity index is 1460. The van der Waals surface area contributed by atoms with Crippen LogP contribution in [-0.2, 0) is 14.4 Å². The maximum Gasteiger partial charge on any atom is 0.247 e. The summed E-state index contributed by atoms with van der Waals surface area (Å²) in [7, 11) is 0. The molecule has 0 aromatic heterocycles. The Labute approximate surface area is 222 Å². The molecule has 2 saturated heterocycles. The van der Waals surface area contributed by atoms with Crippen LogP contribution in [0.4, 0.5) is 11.4 Å². The van der Waals surface area contributed by atoms with Gasteiger partial charge in [-0.25, -0.2) is 4.90 Å². The van der Waals surface area contributed by atoms with Crippen molar-refractivity contribution in [2.45, 2.75) is 12.1 Å². The van der Waals surface area contributed by atoms with Gasteiger partial charge in [0.15, 0.2) is 0 Å². The Hall–Kier alpha value is -3.32. The molecule has 0 radical (unpaired) electrons. The molecular weight excluding hydrogens is 521 g/mol. The zero-order valence-corrected chi connectivity index (χ0v) is 20.8. The lowest BCUT2D eigenvalue weighted by molar-refractivity contribution is -0.128. The van der Waals surface area contributed by atoms with Crippen LogP contribution in [0.5, 0.6) is 0 Å². The molecule has 3 aliphatic rings. The number of fused-ring (bicyclic) bond motifs is 5. The third kappa shape index (κ3) is 3.52. The molecule has 3 aliphatic heterocycles. The molecule has 6 nitrogen and oxygen atoms in total. The van der Waals surface area contributed by atoms with Crippen LogP contribution in [0.25, 0.3) is 6.08 Å². The van der Waals surface area contributed by atoms with E-state index in [1.54, 1.807) is 42.6 Å². The van der Waals surface area contributed by atoms with Crippen molar-refractivity contribution in [3.05, 3.63) is 99.1 Å². The van der Waals surface area contributed by atoms with E-state index in [0.717, 1.165) is 16.0 Å². The van der Waals surface area contributed by atoms with Crippen LogP contribution < -0.4 is 10.2 Å². The zero-order chi connectivity index (χ0) is 25.1. The van der Waals surface area contributed by atoms with E-state index >= 15 is 0 Å². The molecular formula is C27H18Cl3N3O3. The van der Waals surface area contributed by atoms with E-state index in [2.05, 4.69) is 5.32 Å². The lowest BCUT2D eigenvalue weighted by atomic mass is 9.84. The number of hydrogen-bond donors (Lipinski definition) is 1. The Morgan fingerprint density at radius 2 is 1.53 bits per heavy atom. The van der Waals surface area contributed by atoms with Gasteiger partial charge in [0.25, 0.3) is 0 Å². The fourth-order valence-corrected chi connectivity index (χ4v) is 6.13. The van der Waals surface area contributed by atoms with Gasteiger partial charge < -0.3 is 10.2 Å². The fraction of sp³-hybridized carbons (Fsp3) is 0.148. The first-order valence-electron chi connectivity index (χ1n) is 11.3. The first-order chi connectivity index (χ1) is 17.3. The number of halogens is 3. The van der Waals surface area contributed by atoms with E-state index in [1.807, 2.05) is 35.2 Å². The fourth-order valence-electron chi connectivity index (χ4n) is 5.51. The van der Waals surface area contributed by atoms with Gasteiger partial charge in [0.1, 0.15) is 6.04 Å². The second kappa shape index (κ2) is 8.66. The lowest BCUT2D eigenvalue weighted by Gasteiger charge is -2.35. The minimum absolute atomic E-state index is 0.187. The monoisotopic (exact) mass is 537 g/mol. The SMILES string of the molecule is O=C(Nc1ccc(Cl)cc1)[C@H]1[C@H]2C(=O)N(c3ccc(Cl)cc3Cl)C(=O)[C@H]2C2c3ccccc3C=CN21. The maximum atomic E-state index is 13.9. The summed E-state index contributed by atoms with van der Waals surface area (Å²) in [6, 6.07) is 17.6. The van der Waals surface area contributed by atoms with Crippen molar-refractivity contribution >= 4 is 70.0 Å². The first-order valence-corrected chi connectivity index (χ1v) is 12.4. The molecule has 3 aromatic carbocycles. The van der Waals surface area contributed by atoms with Gasteiger partial charge in [-0.2, -0.15) is 0 Å². The number of hydrogen-bond acceptors (Lipinski definition) is 4. The highest BCUT2D eigenvalue weighted by Crippen LogP contribution is 2.53. The molecule has 3 amide bonds. The Morgan fingerprint density at radius 1 is 0.833 bits per heavy atom. The second-order valence-electron chi connectivity index (χ2n) is 8.94. The highest BCUT2D eigenvalue weighted by Gasteiger charge is 2.64. The zero-order valence-electron chi connectivity index (χ0n) is 18.6. The molecule has 180 valence electrons. The number of nitrogens with zero attached hydrogens (tertiary/aromatic N) is 2. The highest BCUT2D eigenvalue weighted by atomic mass is 35.5. The minimum Gasteiger partial charge on any atom is -0.357 e. The predicted octanol–water partition coefficient (Wildman–Crippen LogP) is 5.80. The average Bonchev–Trinajstić information content (AvgIpc) is 3.34. The van der Waals surface area contributed by atoms with E-state index in [4.69, 9.17) is 34.8 Å². The molecule has 3 aromatic rings. The summed E-state index contributed by atoms with van der Waals surface area (Å²) in [5, 5.41) is 4.01. The standard InChI is InChI=1S/C27H18Cl3N3O3/c28-15-5-8-17(9-6-15)31-25(34)24-22-21(23-18-4-2-1-3-14(18)11-12-32(23)24)26(35)33(27(22)36)20-10-7-16(29)13-19(20)30/h1-13,21-24H,(H,31,34)/t21-,22+,23?,24-/m1/s1. The summed E-state index contributed by atoms with van der Waals surface area (Å²) < 4.78 is 0. The van der Waals surface area contributed by atoms with E-state index < -0.39 is 35.7 Å². The van der Waals surface area contributed by atoms with Gasteiger partial charge in [0.05, 0.1) is 28.6 Å². The molecule has 0 aliphatic carbocycles. The van der Waals surface area contributed by atoms with Gasteiger partial charge in [-0.3, -0.25) is 14.4 Å². The number of amides is 3. The molecule has 2 fully saturated rings. The number of benzene rings is 3. The van der Waals surface area contributed by atoms with Crippen molar-refractivity contribution in [1.82, 2.24) is 4.90 Å². The molecule has 1 unspecified atom stereocenters. The van der Waals surface area contributed by atoms with Gasteiger partial charge in [-0.15, -0.1) is 0 Å². The lowest BCUT2D eigenvalue weighted by Crippen LogP contribution is -2.46. The first kappa shape index (κ1) is 23.1. The van der Waals surface area contributed by atoms with Crippen molar-refractivity contribution in [1.29, 1.82) is 0 Å². The van der Waals surface area contributed by atoms with Crippen molar-refractivity contribution in [2.24, 2.45) is 11.8 Å². The molecule has 0 bridgehead atoms. The molecule has 3 heterocycles. The van der Waals surface area contributed by atoms with Gasteiger partial charge in [0, 0.05) is 21.9 Å². The summed E-state index contributed by atoms with van der Waals surface area (Å²) >= 11 is 18.4. The topological polar surface area (TPSA) is 69.7 Å². The molecule has 4 atom stereocenters. The molecule has 1 N–H and O–H groups in total. The van der Waals surface area contributed by atoms with Crippen molar-refractivity contribution in [3.8, 4) is 0 Å². The van der Waals surface area contributed by atoms with Crippen molar-refractivity contribution in [3.63, 3.8) is 0 Å². The number of nitrogens with one attached hydrogen (secondary N) is 1. The van der Waals surface area contributed by atoms with E-state index in [9.17, 15) is 14.4 Å². The van der Waals surface area contributed by atoms with Gasteiger partial charge in [-0.05, 0) is 59.7 Å². The summed E-state index contributed by atoms with van der Waals surface area (Å²) in [5.74, 6) is -2.92. The number of carbonyl (C=O) groups is 3. The van der Waals surface area contributed by atoms with E-state index in [0.29, 0.717) is 15.7 Å². The summed E-state index contributed by atoms with van der Waals surface area (Å²) in [6.07, 6.45) is 3.70. The summed E-state index contributed by atoms with van der Waals surface area (Å²) in [5.41, 5.74) is 2.63. The molecule has 0 saturated carbocycles. The summed E-state index contributed by atoms with van der Waals surface area (Å²) in [4.78, 5) is 44.4. The van der Waals surface area contributed by atoms with Gasteiger partial charge in [-0.1, -0.05) is 59.1 Å². The van der Waals surface area contributed by atoms with Crippen LogP contribution >= 0.6 is 34.8 Å². The number of rotatable bonds is 3.